The number of carboxylic acid groups (broad SMARTS) is 1. The van der Waals surface area contributed by atoms with Crippen LogP contribution in [0.4, 0.5) is 10.5 Å². The highest BCUT2D eigenvalue weighted by Gasteiger charge is 2.36. The molecule has 0 aliphatic carbocycles. The number of carbonyl (C=O) groups excluding carboxylic acids is 2. The van der Waals surface area contributed by atoms with Gasteiger partial charge in [0.2, 0.25) is 11.8 Å². The van der Waals surface area contributed by atoms with Crippen molar-refractivity contribution in [3.63, 3.8) is 0 Å². The minimum Gasteiger partial charge on any atom is -0.497 e. The summed E-state index contributed by atoms with van der Waals surface area (Å²) in [5.41, 5.74) is 0.961. The predicted octanol–water partition coefficient (Wildman–Crippen LogP) is 4.86. The van der Waals surface area contributed by atoms with E-state index in [0.717, 1.165) is 5.56 Å². The average molecular weight is 496 g/mol. The average Bonchev–Trinajstić information content (AvgIpc) is 2.84. The molecule has 2 aromatic carbocycles. The quantitative estimate of drug-likeness (QED) is 0.386. The lowest BCUT2D eigenvalue weighted by molar-refractivity contribution is -0.128. The zero-order chi connectivity index (χ0) is 26.7. The number of nitrogens with zero attached hydrogens (tertiary/aromatic N) is 1. The molecule has 3 amide bonds. The monoisotopic (exact) mass is 495 g/mol. The van der Waals surface area contributed by atoms with Gasteiger partial charge in [-0.25, -0.2) is 4.79 Å². The van der Waals surface area contributed by atoms with Gasteiger partial charge in [0, 0.05) is 23.3 Å². The van der Waals surface area contributed by atoms with Crippen molar-refractivity contribution in [1.29, 1.82) is 0 Å². The van der Waals surface area contributed by atoms with E-state index in [4.69, 9.17) is 4.74 Å². The van der Waals surface area contributed by atoms with Crippen LogP contribution in [0.1, 0.15) is 46.1 Å². The van der Waals surface area contributed by atoms with E-state index in [2.05, 4.69) is 10.6 Å². The minimum absolute atomic E-state index is 0.322. The first-order valence-electron chi connectivity index (χ1n) is 12.0. The SMILES string of the molecule is CC[C@@H](C(=O)N[C@H](C=CC(=O)Nc1ccc(OC)cc1)CCc1ccccc1)N(C(=O)O)C(C)(C)C. The Labute approximate surface area is 213 Å². The van der Waals surface area contributed by atoms with Gasteiger partial charge in [0.05, 0.1) is 7.11 Å². The minimum atomic E-state index is -1.15. The highest BCUT2D eigenvalue weighted by molar-refractivity contribution is 5.99. The number of hydrogen-bond donors (Lipinski definition) is 3. The third-order valence-corrected chi connectivity index (χ3v) is 5.68. The molecule has 2 atom stereocenters. The number of carbonyl (C=O) groups is 3. The van der Waals surface area contributed by atoms with Crippen molar-refractivity contribution in [2.45, 2.75) is 64.6 Å². The highest BCUT2D eigenvalue weighted by atomic mass is 16.5. The summed E-state index contributed by atoms with van der Waals surface area (Å²) in [4.78, 5) is 38.9. The molecule has 0 radical (unpaired) electrons. The van der Waals surface area contributed by atoms with Crippen molar-refractivity contribution in [3.05, 3.63) is 72.3 Å². The van der Waals surface area contributed by atoms with Gasteiger partial charge in [-0.1, -0.05) is 43.3 Å². The van der Waals surface area contributed by atoms with Gasteiger partial charge in [-0.15, -0.1) is 0 Å². The van der Waals surface area contributed by atoms with E-state index in [-0.39, 0.29) is 5.91 Å². The summed E-state index contributed by atoms with van der Waals surface area (Å²) >= 11 is 0. The van der Waals surface area contributed by atoms with E-state index >= 15 is 0 Å². The predicted molar refractivity (Wildman–Crippen MR) is 141 cm³/mol. The molecule has 0 aliphatic rings. The second-order valence-electron chi connectivity index (χ2n) is 9.46. The number of hydrogen-bond acceptors (Lipinski definition) is 4. The largest absolute Gasteiger partial charge is 0.497 e. The number of methoxy groups -OCH3 is 1. The Hall–Kier alpha value is -3.81. The van der Waals surface area contributed by atoms with Gasteiger partial charge in [0.25, 0.3) is 0 Å². The molecule has 0 unspecified atom stereocenters. The van der Waals surface area contributed by atoms with Crippen molar-refractivity contribution in [2.75, 3.05) is 12.4 Å². The number of benzene rings is 2. The van der Waals surface area contributed by atoms with Crippen LogP contribution in [0.15, 0.2) is 66.7 Å². The Morgan fingerprint density at radius 2 is 1.69 bits per heavy atom. The summed E-state index contributed by atoms with van der Waals surface area (Å²) in [6.07, 6.45) is 3.42. The molecule has 0 saturated carbocycles. The van der Waals surface area contributed by atoms with Gasteiger partial charge in [-0.2, -0.15) is 0 Å². The molecule has 3 N–H and O–H groups in total. The van der Waals surface area contributed by atoms with Crippen molar-refractivity contribution in [1.82, 2.24) is 10.2 Å². The van der Waals surface area contributed by atoms with E-state index in [1.165, 1.54) is 11.0 Å². The Morgan fingerprint density at radius 3 is 2.22 bits per heavy atom. The first-order valence-corrected chi connectivity index (χ1v) is 12.0. The Kier molecular flexibility index (Phi) is 10.5. The normalized spacial score (nSPS) is 13.0. The lowest BCUT2D eigenvalue weighted by Crippen LogP contribution is -2.57. The molecule has 36 heavy (non-hydrogen) atoms. The van der Waals surface area contributed by atoms with Crippen molar-refractivity contribution >= 4 is 23.6 Å². The molecule has 0 bridgehead atoms. The van der Waals surface area contributed by atoms with Crippen LogP contribution in [0, 0.1) is 0 Å². The molecular formula is C28H37N3O5. The number of ether oxygens (including phenoxy) is 1. The zero-order valence-electron chi connectivity index (χ0n) is 21.7. The van der Waals surface area contributed by atoms with Gasteiger partial charge in [-0.05, 0) is 69.9 Å². The van der Waals surface area contributed by atoms with Gasteiger partial charge in [0.15, 0.2) is 0 Å². The highest BCUT2D eigenvalue weighted by Crippen LogP contribution is 2.20. The summed E-state index contributed by atoms with van der Waals surface area (Å²) in [7, 11) is 1.57. The maximum Gasteiger partial charge on any atom is 0.408 e. The van der Waals surface area contributed by atoms with E-state index in [1.54, 1.807) is 65.1 Å². The second-order valence-corrected chi connectivity index (χ2v) is 9.46. The van der Waals surface area contributed by atoms with Crippen LogP contribution in [0.5, 0.6) is 5.75 Å². The Morgan fingerprint density at radius 1 is 1.06 bits per heavy atom. The third kappa shape index (κ3) is 8.76. The topological polar surface area (TPSA) is 108 Å². The maximum absolute atomic E-state index is 13.2. The Balaban J connectivity index is 2.17. The summed E-state index contributed by atoms with van der Waals surface area (Å²) in [5, 5.41) is 15.5. The van der Waals surface area contributed by atoms with Crippen LogP contribution < -0.4 is 15.4 Å². The van der Waals surface area contributed by atoms with E-state index in [1.807, 2.05) is 30.3 Å². The summed E-state index contributed by atoms with van der Waals surface area (Å²) in [5.74, 6) is -0.0514. The van der Waals surface area contributed by atoms with Crippen molar-refractivity contribution in [3.8, 4) is 5.75 Å². The molecule has 2 rings (SSSR count). The molecule has 8 heteroatoms. The smallest absolute Gasteiger partial charge is 0.408 e. The lowest BCUT2D eigenvalue weighted by atomic mass is 10.0. The molecule has 0 saturated heterocycles. The molecule has 0 fully saturated rings. The van der Waals surface area contributed by atoms with Gasteiger partial charge in [0.1, 0.15) is 11.8 Å². The second kappa shape index (κ2) is 13.3. The van der Waals surface area contributed by atoms with Gasteiger partial charge >= 0.3 is 6.09 Å². The lowest BCUT2D eigenvalue weighted by Gasteiger charge is -2.38. The van der Waals surface area contributed by atoms with Gasteiger partial charge < -0.3 is 20.5 Å². The molecule has 8 nitrogen and oxygen atoms in total. The van der Waals surface area contributed by atoms with Gasteiger partial charge in [-0.3, -0.25) is 14.5 Å². The third-order valence-electron chi connectivity index (χ3n) is 5.68. The molecule has 0 aliphatic heterocycles. The fourth-order valence-corrected chi connectivity index (χ4v) is 3.90. The Bertz CT molecular complexity index is 1030. The molecule has 0 spiro atoms. The molecule has 0 heterocycles. The molecule has 0 aromatic heterocycles. The number of nitrogens with one attached hydrogen (secondary N) is 2. The summed E-state index contributed by atoms with van der Waals surface area (Å²) in [6.45, 7) is 7.05. The number of rotatable bonds is 11. The van der Waals surface area contributed by atoms with Crippen LogP contribution in [0.3, 0.4) is 0 Å². The van der Waals surface area contributed by atoms with Crippen LogP contribution >= 0.6 is 0 Å². The first-order chi connectivity index (χ1) is 17.0. The fraction of sp³-hybridized carbons (Fsp3) is 0.393. The maximum atomic E-state index is 13.2. The van der Waals surface area contributed by atoms with Crippen LogP contribution in [-0.2, 0) is 16.0 Å². The standard InChI is InChI=1S/C28H37N3O5/c1-6-24(31(27(34)35)28(2,3)4)26(33)30-22(13-12-20-10-8-7-9-11-20)16-19-25(32)29-21-14-17-23(36-5)18-15-21/h7-11,14-19,22,24H,6,12-13H2,1-5H3,(H,29,32)(H,30,33)(H,34,35)/t22-,24-/m0/s1. The van der Waals surface area contributed by atoms with Crippen LogP contribution in [0.2, 0.25) is 0 Å². The van der Waals surface area contributed by atoms with Crippen molar-refractivity contribution in [2.24, 2.45) is 0 Å². The zero-order valence-corrected chi connectivity index (χ0v) is 21.7. The van der Waals surface area contributed by atoms with E-state index < -0.39 is 29.6 Å². The number of aryl methyl sites for hydroxylation is 1. The molecule has 194 valence electrons. The molecule has 2 aromatic rings. The molecular weight excluding hydrogens is 458 g/mol. The van der Waals surface area contributed by atoms with Crippen LogP contribution in [-0.4, -0.2) is 52.6 Å². The van der Waals surface area contributed by atoms with Crippen LogP contribution in [0.25, 0.3) is 0 Å². The van der Waals surface area contributed by atoms with E-state index in [0.29, 0.717) is 30.7 Å². The number of amides is 3. The van der Waals surface area contributed by atoms with Crippen molar-refractivity contribution < 1.29 is 24.2 Å². The number of anilines is 1. The fourth-order valence-electron chi connectivity index (χ4n) is 3.90. The first kappa shape index (κ1) is 28.4. The van der Waals surface area contributed by atoms with E-state index in [9.17, 15) is 19.5 Å². The summed E-state index contributed by atoms with van der Waals surface area (Å²) in [6, 6.07) is 15.5. The summed E-state index contributed by atoms with van der Waals surface area (Å²) < 4.78 is 5.13.